The normalized spacial score (nSPS) is 26.1. The van der Waals surface area contributed by atoms with Gasteiger partial charge in [-0.15, -0.1) is 0 Å². The van der Waals surface area contributed by atoms with Crippen LogP contribution in [-0.2, 0) is 9.53 Å². The van der Waals surface area contributed by atoms with E-state index in [4.69, 9.17) is 4.74 Å². The molecule has 0 heterocycles. The molecule has 0 saturated heterocycles. The largest absolute Gasteiger partial charge is 0.459 e. The van der Waals surface area contributed by atoms with Gasteiger partial charge < -0.3 is 15.2 Å². The highest BCUT2D eigenvalue weighted by atomic mass is 16.6. The van der Waals surface area contributed by atoms with E-state index in [-0.39, 0.29) is 18.6 Å². The second kappa shape index (κ2) is 6.53. The summed E-state index contributed by atoms with van der Waals surface area (Å²) in [5, 5.41) is 12.5. The third kappa shape index (κ3) is 4.94. The predicted molar refractivity (Wildman–Crippen MR) is 71.2 cm³/mol. The van der Waals surface area contributed by atoms with E-state index in [1.54, 1.807) is 0 Å². The summed E-state index contributed by atoms with van der Waals surface area (Å²) in [4.78, 5) is 11.8. The maximum atomic E-state index is 11.8. The van der Waals surface area contributed by atoms with Gasteiger partial charge in [0.05, 0.1) is 0 Å². The first kappa shape index (κ1) is 15.4. The molecule has 106 valence electrons. The Kier molecular flexibility index (Phi) is 5.60. The summed E-state index contributed by atoms with van der Waals surface area (Å²) in [6, 6.07) is -0.288. The molecule has 1 saturated carbocycles. The highest BCUT2D eigenvalue weighted by Crippen LogP contribution is 2.30. The quantitative estimate of drug-likeness (QED) is 0.736. The van der Waals surface area contributed by atoms with Crippen molar-refractivity contribution in [2.75, 3.05) is 13.2 Å². The van der Waals surface area contributed by atoms with Crippen molar-refractivity contribution in [3.63, 3.8) is 0 Å². The van der Waals surface area contributed by atoms with Gasteiger partial charge in [0.1, 0.15) is 11.6 Å². The summed E-state index contributed by atoms with van der Waals surface area (Å²) in [6.07, 6.45) is 3.42. The molecule has 2 N–H and O–H groups in total. The van der Waals surface area contributed by atoms with Gasteiger partial charge in [-0.1, -0.05) is 6.42 Å². The van der Waals surface area contributed by atoms with Crippen LogP contribution in [0.25, 0.3) is 0 Å². The Bertz CT molecular complexity index is 273. The molecule has 18 heavy (non-hydrogen) atoms. The van der Waals surface area contributed by atoms with Gasteiger partial charge in [0.2, 0.25) is 0 Å². The van der Waals surface area contributed by atoms with Crippen molar-refractivity contribution in [3.8, 4) is 0 Å². The van der Waals surface area contributed by atoms with Crippen LogP contribution in [0.1, 0.15) is 47.0 Å². The minimum atomic E-state index is -0.436. The van der Waals surface area contributed by atoms with Gasteiger partial charge >= 0.3 is 5.97 Å². The Morgan fingerprint density at radius 1 is 1.39 bits per heavy atom. The summed E-state index contributed by atoms with van der Waals surface area (Å²) in [6.45, 7) is 8.49. The summed E-state index contributed by atoms with van der Waals surface area (Å²) in [5.74, 6) is 0.671. The molecule has 0 amide bonds. The molecule has 0 radical (unpaired) electrons. The number of carbonyl (C=O) groups excluding carboxylic acids is 1. The molecule has 3 unspecified atom stereocenters. The van der Waals surface area contributed by atoms with Crippen LogP contribution in [0, 0.1) is 11.8 Å². The van der Waals surface area contributed by atoms with Gasteiger partial charge in [-0.25, -0.2) is 0 Å². The number of nitrogens with one attached hydrogen (secondary N) is 1. The summed E-state index contributed by atoms with van der Waals surface area (Å²) in [7, 11) is 0. The smallest absolute Gasteiger partial charge is 0.323 e. The Balaban J connectivity index is 2.32. The SMILES string of the molecule is CC(NCC1CCCC1CO)C(=O)OC(C)(C)C. The molecular weight excluding hydrogens is 230 g/mol. The number of hydrogen-bond donors (Lipinski definition) is 2. The number of rotatable bonds is 5. The number of hydrogen-bond acceptors (Lipinski definition) is 4. The molecule has 0 aliphatic heterocycles. The highest BCUT2D eigenvalue weighted by Gasteiger charge is 2.28. The monoisotopic (exact) mass is 257 g/mol. The van der Waals surface area contributed by atoms with E-state index in [1.165, 1.54) is 6.42 Å². The Hall–Kier alpha value is -0.610. The third-order valence-corrected chi connectivity index (χ3v) is 3.50. The van der Waals surface area contributed by atoms with Crippen LogP contribution in [0.5, 0.6) is 0 Å². The first-order chi connectivity index (χ1) is 8.33. The fourth-order valence-corrected chi connectivity index (χ4v) is 2.42. The molecule has 4 heteroatoms. The van der Waals surface area contributed by atoms with E-state index in [2.05, 4.69) is 5.32 Å². The molecule has 4 nitrogen and oxygen atoms in total. The molecule has 3 atom stereocenters. The van der Waals surface area contributed by atoms with Crippen molar-refractivity contribution in [2.24, 2.45) is 11.8 Å². The molecule has 1 aliphatic rings. The van der Waals surface area contributed by atoms with E-state index in [0.717, 1.165) is 19.4 Å². The van der Waals surface area contributed by atoms with Gasteiger partial charge in [0, 0.05) is 6.61 Å². The molecule has 0 aromatic rings. The number of carbonyl (C=O) groups is 1. The first-order valence-corrected chi connectivity index (χ1v) is 6.90. The van der Waals surface area contributed by atoms with Crippen molar-refractivity contribution < 1.29 is 14.6 Å². The van der Waals surface area contributed by atoms with Crippen LogP contribution in [-0.4, -0.2) is 35.9 Å². The number of esters is 1. The van der Waals surface area contributed by atoms with E-state index < -0.39 is 5.60 Å². The fourth-order valence-electron chi connectivity index (χ4n) is 2.42. The molecule has 0 aromatic carbocycles. The summed E-state index contributed by atoms with van der Waals surface area (Å²) >= 11 is 0. The van der Waals surface area contributed by atoms with Gasteiger partial charge in [-0.2, -0.15) is 0 Å². The van der Waals surface area contributed by atoms with Crippen LogP contribution < -0.4 is 5.32 Å². The maximum Gasteiger partial charge on any atom is 0.323 e. The van der Waals surface area contributed by atoms with Crippen LogP contribution >= 0.6 is 0 Å². The van der Waals surface area contributed by atoms with Crippen molar-refractivity contribution in [3.05, 3.63) is 0 Å². The molecule has 0 aromatic heterocycles. The zero-order valence-corrected chi connectivity index (χ0v) is 12.0. The molecule has 1 fully saturated rings. The zero-order chi connectivity index (χ0) is 13.8. The summed E-state index contributed by atoms with van der Waals surface area (Å²) < 4.78 is 5.32. The van der Waals surface area contributed by atoms with Crippen molar-refractivity contribution >= 4 is 5.97 Å². The lowest BCUT2D eigenvalue weighted by molar-refractivity contribution is -0.157. The predicted octanol–water partition coefficient (Wildman–Crippen LogP) is 1.71. The fraction of sp³-hybridized carbons (Fsp3) is 0.929. The average molecular weight is 257 g/mol. The van der Waals surface area contributed by atoms with Gasteiger partial charge in [-0.3, -0.25) is 4.79 Å². The highest BCUT2D eigenvalue weighted by molar-refractivity contribution is 5.75. The first-order valence-electron chi connectivity index (χ1n) is 6.90. The topological polar surface area (TPSA) is 58.6 Å². The molecule has 1 rings (SSSR count). The lowest BCUT2D eigenvalue weighted by atomic mass is 9.97. The van der Waals surface area contributed by atoms with Crippen LogP contribution in [0.4, 0.5) is 0 Å². The number of aliphatic hydroxyl groups is 1. The van der Waals surface area contributed by atoms with E-state index >= 15 is 0 Å². The summed E-state index contributed by atoms with van der Waals surface area (Å²) in [5.41, 5.74) is -0.436. The minimum Gasteiger partial charge on any atom is -0.459 e. The second-order valence-corrected chi connectivity index (χ2v) is 6.30. The Morgan fingerprint density at radius 2 is 2.00 bits per heavy atom. The van der Waals surface area contributed by atoms with Gasteiger partial charge in [0.15, 0.2) is 0 Å². The van der Waals surface area contributed by atoms with Crippen molar-refractivity contribution in [2.45, 2.75) is 58.6 Å². The van der Waals surface area contributed by atoms with Crippen LogP contribution in [0.2, 0.25) is 0 Å². The van der Waals surface area contributed by atoms with E-state index in [1.807, 2.05) is 27.7 Å². The van der Waals surface area contributed by atoms with Gasteiger partial charge in [0.25, 0.3) is 0 Å². The van der Waals surface area contributed by atoms with E-state index in [0.29, 0.717) is 11.8 Å². The molecule has 1 aliphatic carbocycles. The van der Waals surface area contributed by atoms with Crippen molar-refractivity contribution in [1.29, 1.82) is 0 Å². The number of aliphatic hydroxyl groups excluding tert-OH is 1. The minimum absolute atomic E-state index is 0.207. The lowest BCUT2D eigenvalue weighted by Gasteiger charge is -2.24. The Morgan fingerprint density at radius 3 is 2.56 bits per heavy atom. The number of ether oxygens (including phenoxy) is 1. The second-order valence-electron chi connectivity index (χ2n) is 6.30. The van der Waals surface area contributed by atoms with Crippen LogP contribution in [0.15, 0.2) is 0 Å². The third-order valence-electron chi connectivity index (χ3n) is 3.50. The molecule has 0 bridgehead atoms. The molecular formula is C14H27NO3. The lowest BCUT2D eigenvalue weighted by Crippen LogP contribution is -2.41. The van der Waals surface area contributed by atoms with Gasteiger partial charge in [-0.05, 0) is 58.9 Å². The van der Waals surface area contributed by atoms with E-state index in [9.17, 15) is 9.90 Å². The zero-order valence-electron chi connectivity index (χ0n) is 12.0. The standard InChI is InChI=1S/C14H27NO3/c1-10(13(17)18-14(2,3)4)15-8-11-6-5-7-12(11)9-16/h10-12,15-16H,5-9H2,1-4H3. The average Bonchev–Trinajstić information content (AvgIpc) is 2.70. The Labute approximate surface area is 110 Å². The molecule has 0 spiro atoms. The van der Waals surface area contributed by atoms with Crippen molar-refractivity contribution in [1.82, 2.24) is 5.32 Å². The van der Waals surface area contributed by atoms with Crippen LogP contribution in [0.3, 0.4) is 0 Å². The maximum absolute atomic E-state index is 11.8.